The Balaban J connectivity index is 1.08. The first-order valence-electron chi connectivity index (χ1n) is 18.3. The second kappa shape index (κ2) is 11.8. The Kier molecular flexibility index (Phi) is 6.61. The molecule has 5 heteroatoms. The molecule has 0 aliphatic rings. The Labute approximate surface area is 316 Å². The maximum Gasteiger partial charge on any atom is 0.211 e. The highest BCUT2D eigenvalue weighted by atomic mass is 15.0. The molecule has 11 aromatic rings. The lowest BCUT2D eigenvalue weighted by atomic mass is 10.0. The number of hydrogen-bond acceptors (Lipinski definition) is 0. The van der Waals surface area contributed by atoms with Crippen molar-refractivity contribution in [2.24, 2.45) is 0 Å². The normalized spacial score (nSPS) is 11.6. The molecule has 3 aromatic heterocycles. The van der Waals surface area contributed by atoms with E-state index in [1.165, 1.54) is 32.6 Å². The Morgan fingerprint density at radius 1 is 0.327 bits per heavy atom. The van der Waals surface area contributed by atoms with E-state index in [0.29, 0.717) is 11.4 Å². The lowest BCUT2D eigenvalue weighted by Gasteiger charge is -2.14. The number of rotatable bonds is 4. The molecule has 3 heterocycles. The van der Waals surface area contributed by atoms with Crippen molar-refractivity contribution in [1.29, 1.82) is 0 Å². The number of fused-ring (bicyclic) bond motifs is 9. The molecule has 0 atom stereocenters. The minimum atomic E-state index is 0.562. The third kappa shape index (κ3) is 4.51. The fourth-order valence-corrected chi connectivity index (χ4v) is 8.67. The first kappa shape index (κ1) is 30.7. The van der Waals surface area contributed by atoms with Crippen molar-refractivity contribution in [3.63, 3.8) is 0 Å². The molecule has 0 fully saturated rings. The summed E-state index contributed by atoms with van der Waals surface area (Å²) in [6.07, 6.45) is 0. The number of aromatic nitrogens is 3. The number of nitrogens with zero attached hydrogens (tertiary/aromatic N) is 5. The monoisotopic (exact) mass is 699 g/mol. The fourth-order valence-electron chi connectivity index (χ4n) is 8.67. The van der Waals surface area contributed by atoms with E-state index in [1.54, 1.807) is 0 Å². The summed E-state index contributed by atoms with van der Waals surface area (Å²) in [5.74, 6) is 0. The van der Waals surface area contributed by atoms with Crippen LogP contribution in [-0.4, -0.2) is 13.7 Å². The summed E-state index contributed by atoms with van der Waals surface area (Å²) in [6, 6.07) is 61.5. The molecule has 8 aromatic carbocycles. The van der Waals surface area contributed by atoms with E-state index in [0.717, 1.165) is 61.0 Å². The van der Waals surface area contributed by atoms with E-state index in [1.807, 2.05) is 36.4 Å². The van der Waals surface area contributed by atoms with Gasteiger partial charge in [-0.3, -0.25) is 0 Å². The van der Waals surface area contributed by atoms with Crippen LogP contribution < -0.4 is 0 Å². The lowest BCUT2D eigenvalue weighted by Crippen LogP contribution is -1.97. The van der Waals surface area contributed by atoms with Crippen molar-refractivity contribution in [3.05, 3.63) is 199 Å². The van der Waals surface area contributed by atoms with Crippen molar-refractivity contribution >= 4 is 76.8 Å². The zero-order chi connectivity index (χ0) is 36.6. The Hall–Kier alpha value is -7.86. The van der Waals surface area contributed by atoms with Gasteiger partial charge in [-0.1, -0.05) is 103 Å². The molecule has 0 saturated carbocycles. The molecule has 55 heavy (non-hydrogen) atoms. The summed E-state index contributed by atoms with van der Waals surface area (Å²) in [6.45, 7) is 15.9. The van der Waals surface area contributed by atoms with Crippen LogP contribution in [0.3, 0.4) is 0 Å². The molecule has 0 N–H and O–H groups in total. The highest BCUT2D eigenvalue weighted by Crippen LogP contribution is 2.40. The molecule has 5 nitrogen and oxygen atoms in total. The smallest absolute Gasteiger partial charge is 0.211 e. The summed E-state index contributed by atoms with van der Waals surface area (Å²) in [7, 11) is 0. The molecule has 0 unspecified atom stereocenters. The molecule has 0 aliphatic carbocycles. The predicted molar refractivity (Wildman–Crippen MR) is 227 cm³/mol. The van der Waals surface area contributed by atoms with Gasteiger partial charge in [0.2, 0.25) is 5.69 Å². The molecule has 0 bridgehead atoms. The van der Waals surface area contributed by atoms with Gasteiger partial charge in [0, 0.05) is 38.3 Å². The van der Waals surface area contributed by atoms with Crippen LogP contribution >= 0.6 is 0 Å². The third-order valence-electron chi connectivity index (χ3n) is 11.1. The Morgan fingerprint density at radius 3 is 1.49 bits per heavy atom. The fraction of sp³-hybridized carbons (Fsp3) is 0. The van der Waals surface area contributed by atoms with E-state index in [9.17, 15) is 0 Å². The molecule has 11 rings (SSSR count). The molecular formula is C50H29N5. The zero-order valence-corrected chi connectivity index (χ0v) is 29.5. The van der Waals surface area contributed by atoms with Crippen LogP contribution in [0.2, 0.25) is 0 Å². The van der Waals surface area contributed by atoms with Crippen LogP contribution in [0.4, 0.5) is 11.4 Å². The van der Waals surface area contributed by atoms with Crippen LogP contribution in [0.25, 0.3) is 103 Å². The van der Waals surface area contributed by atoms with Gasteiger partial charge in [0.15, 0.2) is 5.69 Å². The quantitative estimate of drug-likeness (QED) is 0.163. The molecule has 0 aliphatic heterocycles. The van der Waals surface area contributed by atoms with E-state index in [-0.39, 0.29) is 0 Å². The van der Waals surface area contributed by atoms with Crippen LogP contribution in [0.15, 0.2) is 176 Å². The molecule has 0 spiro atoms. The van der Waals surface area contributed by atoms with Gasteiger partial charge in [-0.2, -0.15) is 0 Å². The standard InChI is InChI=1S/C50H29N5/c1-51-34-23-27-48-42(30-34)40-17-6-10-21-47(40)55(48)49-26-22-33(29-43(49)52-2)32-12-11-13-35(28-32)54-46-20-9-5-16-39(46)41-25-24-36(31-50(41)54)53-44-18-7-3-14-37(44)38-15-4-8-19-45(38)53/h3-31H. The second-order valence-corrected chi connectivity index (χ2v) is 14.0. The van der Waals surface area contributed by atoms with Crippen LogP contribution in [0.1, 0.15) is 0 Å². The van der Waals surface area contributed by atoms with Gasteiger partial charge in [0.05, 0.1) is 51.9 Å². The Morgan fingerprint density at radius 2 is 0.855 bits per heavy atom. The van der Waals surface area contributed by atoms with Crippen LogP contribution in [-0.2, 0) is 0 Å². The van der Waals surface area contributed by atoms with E-state index < -0.39 is 0 Å². The van der Waals surface area contributed by atoms with Gasteiger partial charge in [0.1, 0.15) is 0 Å². The number of para-hydroxylation sites is 4. The molecule has 254 valence electrons. The highest BCUT2D eigenvalue weighted by molar-refractivity contribution is 6.13. The second-order valence-electron chi connectivity index (χ2n) is 14.0. The lowest BCUT2D eigenvalue weighted by molar-refractivity contribution is 1.15. The van der Waals surface area contributed by atoms with Crippen molar-refractivity contribution in [2.45, 2.75) is 0 Å². The van der Waals surface area contributed by atoms with Crippen molar-refractivity contribution in [3.8, 4) is 28.2 Å². The highest BCUT2D eigenvalue weighted by Gasteiger charge is 2.19. The molecular weight excluding hydrogens is 671 g/mol. The van der Waals surface area contributed by atoms with Crippen molar-refractivity contribution in [1.82, 2.24) is 13.7 Å². The van der Waals surface area contributed by atoms with Crippen LogP contribution in [0, 0.1) is 13.1 Å². The third-order valence-corrected chi connectivity index (χ3v) is 11.1. The van der Waals surface area contributed by atoms with E-state index in [2.05, 4.69) is 163 Å². The predicted octanol–water partition coefficient (Wildman–Crippen LogP) is 13.7. The van der Waals surface area contributed by atoms with Gasteiger partial charge in [-0.15, -0.1) is 0 Å². The number of hydrogen-bond donors (Lipinski definition) is 0. The summed E-state index contributed by atoms with van der Waals surface area (Å²) in [5.41, 5.74) is 12.7. The van der Waals surface area contributed by atoms with Gasteiger partial charge in [0.25, 0.3) is 0 Å². The summed E-state index contributed by atoms with van der Waals surface area (Å²) < 4.78 is 6.89. The van der Waals surface area contributed by atoms with Gasteiger partial charge in [-0.25, -0.2) is 9.69 Å². The van der Waals surface area contributed by atoms with Gasteiger partial charge < -0.3 is 13.7 Å². The summed E-state index contributed by atoms with van der Waals surface area (Å²) in [4.78, 5) is 7.74. The SMILES string of the molecule is [C-]#[N+]c1ccc2c(c1)c1ccccc1n2-c1ccc(-c2cccc(-n3c4ccccc4c4ccc(-n5c6ccccc6c6ccccc65)cc43)c2)cc1[N+]#[C-]. The first-order chi connectivity index (χ1) is 27.2. The maximum absolute atomic E-state index is 8.31. The van der Waals surface area contributed by atoms with Gasteiger partial charge >= 0.3 is 0 Å². The molecule has 0 radical (unpaired) electrons. The minimum absolute atomic E-state index is 0.562. The maximum atomic E-state index is 8.31. The minimum Gasteiger partial charge on any atom is -0.319 e. The van der Waals surface area contributed by atoms with Crippen LogP contribution in [0.5, 0.6) is 0 Å². The average Bonchev–Trinajstić information content (AvgIpc) is 3.88. The topological polar surface area (TPSA) is 23.5 Å². The van der Waals surface area contributed by atoms with E-state index >= 15 is 0 Å². The summed E-state index contributed by atoms with van der Waals surface area (Å²) >= 11 is 0. The molecule has 0 saturated heterocycles. The van der Waals surface area contributed by atoms with Crippen molar-refractivity contribution < 1.29 is 0 Å². The number of benzene rings is 8. The Bertz CT molecular complexity index is 3420. The van der Waals surface area contributed by atoms with Crippen molar-refractivity contribution in [2.75, 3.05) is 0 Å². The first-order valence-corrected chi connectivity index (χ1v) is 18.3. The zero-order valence-electron chi connectivity index (χ0n) is 29.5. The van der Waals surface area contributed by atoms with E-state index in [4.69, 9.17) is 13.1 Å². The average molecular weight is 700 g/mol. The molecule has 0 amide bonds. The van der Waals surface area contributed by atoms with Gasteiger partial charge in [-0.05, 0) is 89.3 Å². The largest absolute Gasteiger partial charge is 0.319 e. The summed E-state index contributed by atoms with van der Waals surface area (Å²) in [5, 5.41) is 6.94.